The van der Waals surface area contributed by atoms with E-state index in [1.54, 1.807) is 0 Å². The topological polar surface area (TPSA) is 38.3 Å². The highest BCUT2D eigenvalue weighted by Crippen LogP contribution is 2.20. The van der Waals surface area contributed by atoms with E-state index < -0.39 is 24.5 Å². The average molecular weight is 406 g/mol. The van der Waals surface area contributed by atoms with Crippen LogP contribution in [0.4, 0.5) is 17.6 Å². The van der Waals surface area contributed by atoms with Gasteiger partial charge in [0.25, 0.3) is 5.91 Å². The fourth-order valence-corrected chi connectivity index (χ4v) is 2.24. The van der Waals surface area contributed by atoms with Gasteiger partial charge in [-0.3, -0.25) is 4.79 Å². The van der Waals surface area contributed by atoms with Gasteiger partial charge in [0.05, 0.1) is 5.56 Å². The number of carbonyl (C=O) groups excluding carboxylic acids is 1. The van der Waals surface area contributed by atoms with Gasteiger partial charge in [0.1, 0.15) is 11.6 Å². The van der Waals surface area contributed by atoms with E-state index in [1.807, 2.05) is 0 Å². The van der Waals surface area contributed by atoms with Gasteiger partial charge in [0.15, 0.2) is 6.61 Å². The molecule has 0 saturated carbocycles. The maximum Gasteiger partial charge on any atom is 0.422 e. The number of hydrogen-bond acceptors (Lipinski definition) is 2. The van der Waals surface area contributed by atoms with Crippen LogP contribution in [0.25, 0.3) is 0 Å². The number of ether oxygens (including phenoxy) is 1. The van der Waals surface area contributed by atoms with Crippen molar-refractivity contribution in [2.75, 3.05) is 6.61 Å². The highest BCUT2D eigenvalue weighted by Gasteiger charge is 2.28. The van der Waals surface area contributed by atoms with E-state index in [4.69, 9.17) is 0 Å². The molecule has 2 rings (SSSR count). The summed E-state index contributed by atoms with van der Waals surface area (Å²) in [6.45, 7) is -1.22. The lowest BCUT2D eigenvalue weighted by Crippen LogP contribution is -2.23. The van der Waals surface area contributed by atoms with Crippen molar-refractivity contribution in [3.8, 4) is 5.75 Å². The van der Waals surface area contributed by atoms with Gasteiger partial charge in [-0.25, -0.2) is 4.39 Å². The van der Waals surface area contributed by atoms with Crippen molar-refractivity contribution >= 4 is 21.8 Å². The highest BCUT2D eigenvalue weighted by atomic mass is 79.9. The summed E-state index contributed by atoms with van der Waals surface area (Å²) in [7, 11) is 0. The molecule has 128 valence electrons. The maximum atomic E-state index is 13.2. The molecule has 24 heavy (non-hydrogen) atoms. The lowest BCUT2D eigenvalue weighted by molar-refractivity contribution is -0.153. The number of halogens is 5. The van der Waals surface area contributed by atoms with Gasteiger partial charge in [0, 0.05) is 11.0 Å². The van der Waals surface area contributed by atoms with E-state index >= 15 is 0 Å². The summed E-state index contributed by atoms with van der Waals surface area (Å²) in [4.78, 5) is 12.0. The minimum absolute atomic E-state index is 0.0790. The SMILES string of the molecule is O=C(NCc1ccc(OCC(F)(F)F)cc1)c1cc(F)ccc1Br. The lowest BCUT2D eigenvalue weighted by atomic mass is 10.2. The fourth-order valence-electron chi connectivity index (χ4n) is 1.82. The second-order valence-electron chi connectivity index (χ2n) is 4.85. The zero-order valence-electron chi connectivity index (χ0n) is 12.2. The van der Waals surface area contributed by atoms with Crippen molar-refractivity contribution in [3.63, 3.8) is 0 Å². The molecule has 0 unspecified atom stereocenters. The number of benzene rings is 2. The van der Waals surface area contributed by atoms with E-state index in [9.17, 15) is 22.4 Å². The molecule has 2 aromatic rings. The van der Waals surface area contributed by atoms with E-state index in [1.165, 1.54) is 36.4 Å². The normalized spacial score (nSPS) is 11.2. The second-order valence-corrected chi connectivity index (χ2v) is 5.71. The van der Waals surface area contributed by atoms with E-state index in [0.717, 1.165) is 6.07 Å². The zero-order chi connectivity index (χ0) is 17.7. The fraction of sp³-hybridized carbons (Fsp3) is 0.188. The molecule has 0 aliphatic carbocycles. The number of carbonyl (C=O) groups is 1. The van der Waals surface area contributed by atoms with Crippen LogP contribution in [0.2, 0.25) is 0 Å². The molecule has 1 N–H and O–H groups in total. The summed E-state index contributed by atoms with van der Waals surface area (Å²) < 4.78 is 54.4. The summed E-state index contributed by atoms with van der Waals surface area (Å²) in [5.74, 6) is -0.927. The molecule has 3 nitrogen and oxygen atoms in total. The van der Waals surface area contributed by atoms with Crippen LogP contribution in [0.15, 0.2) is 46.9 Å². The molecule has 8 heteroatoms. The van der Waals surface area contributed by atoms with Crippen LogP contribution in [-0.4, -0.2) is 18.7 Å². The van der Waals surface area contributed by atoms with Crippen molar-refractivity contribution in [1.29, 1.82) is 0 Å². The molecule has 0 atom stereocenters. The summed E-state index contributed by atoms with van der Waals surface area (Å²) in [6.07, 6.45) is -4.40. The third kappa shape index (κ3) is 5.52. The summed E-state index contributed by atoms with van der Waals surface area (Å²) >= 11 is 3.16. The lowest BCUT2D eigenvalue weighted by Gasteiger charge is -2.10. The molecular formula is C16H12BrF4NO2. The van der Waals surface area contributed by atoms with Crippen molar-refractivity contribution in [1.82, 2.24) is 5.32 Å². The van der Waals surface area contributed by atoms with Crippen LogP contribution in [0, 0.1) is 5.82 Å². The molecule has 0 bridgehead atoms. The molecule has 0 saturated heterocycles. The Balaban J connectivity index is 1.92. The van der Waals surface area contributed by atoms with Crippen LogP contribution < -0.4 is 10.1 Å². The first-order valence-corrected chi connectivity index (χ1v) is 7.55. The molecule has 0 spiro atoms. The Morgan fingerprint density at radius 3 is 2.42 bits per heavy atom. The van der Waals surface area contributed by atoms with Gasteiger partial charge in [-0.2, -0.15) is 13.2 Å². The number of hydrogen-bond donors (Lipinski definition) is 1. The summed E-state index contributed by atoms with van der Waals surface area (Å²) in [6, 6.07) is 9.58. The monoisotopic (exact) mass is 405 g/mol. The molecule has 2 aromatic carbocycles. The van der Waals surface area contributed by atoms with Gasteiger partial charge in [-0.05, 0) is 51.8 Å². The number of alkyl halides is 3. The minimum atomic E-state index is -4.40. The van der Waals surface area contributed by atoms with E-state index in [-0.39, 0.29) is 17.9 Å². The average Bonchev–Trinajstić information content (AvgIpc) is 2.53. The van der Waals surface area contributed by atoms with Gasteiger partial charge >= 0.3 is 6.18 Å². The van der Waals surface area contributed by atoms with Crippen LogP contribution in [-0.2, 0) is 6.54 Å². The Kier molecular flexibility index (Phi) is 5.82. The first-order chi connectivity index (χ1) is 11.2. The maximum absolute atomic E-state index is 13.2. The quantitative estimate of drug-likeness (QED) is 0.745. The Morgan fingerprint density at radius 2 is 1.79 bits per heavy atom. The van der Waals surface area contributed by atoms with Crippen LogP contribution in [0.3, 0.4) is 0 Å². The Morgan fingerprint density at radius 1 is 1.12 bits per heavy atom. The molecule has 0 radical (unpaired) electrons. The van der Waals surface area contributed by atoms with Crippen molar-refractivity contribution < 1.29 is 27.1 Å². The summed E-state index contributed by atoms with van der Waals surface area (Å²) in [5, 5.41) is 2.60. The number of amides is 1. The number of rotatable bonds is 5. The first-order valence-electron chi connectivity index (χ1n) is 6.76. The van der Waals surface area contributed by atoms with Crippen LogP contribution in [0.5, 0.6) is 5.75 Å². The molecule has 1 amide bonds. The third-order valence-electron chi connectivity index (χ3n) is 2.95. The largest absolute Gasteiger partial charge is 0.484 e. The molecule has 0 fully saturated rings. The Hall–Kier alpha value is -2.09. The minimum Gasteiger partial charge on any atom is -0.484 e. The number of nitrogens with one attached hydrogen (secondary N) is 1. The van der Waals surface area contributed by atoms with Crippen LogP contribution >= 0.6 is 15.9 Å². The molecule has 0 aromatic heterocycles. The predicted octanol–water partition coefficient (Wildman–Crippen LogP) is 4.46. The Bertz CT molecular complexity index is 717. The van der Waals surface area contributed by atoms with Gasteiger partial charge in [-0.15, -0.1) is 0 Å². The molecule has 0 aliphatic heterocycles. The van der Waals surface area contributed by atoms with Gasteiger partial charge in [-0.1, -0.05) is 12.1 Å². The first kappa shape index (κ1) is 18.3. The molecular weight excluding hydrogens is 394 g/mol. The smallest absolute Gasteiger partial charge is 0.422 e. The van der Waals surface area contributed by atoms with Crippen LogP contribution in [0.1, 0.15) is 15.9 Å². The summed E-state index contributed by atoms with van der Waals surface area (Å²) in [5.41, 5.74) is 0.815. The van der Waals surface area contributed by atoms with Crippen molar-refractivity contribution in [2.24, 2.45) is 0 Å². The third-order valence-corrected chi connectivity index (χ3v) is 3.64. The van der Waals surface area contributed by atoms with E-state index in [0.29, 0.717) is 10.0 Å². The molecule has 0 heterocycles. The van der Waals surface area contributed by atoms with Gasteiger partial charge < -0.3 is 10.1 Å². The van der Waals surface area contributed by atoms with Gasteiger partial charge in [0.2, 0.25) is 0 Å². The second kappa shape index (κ2) is 7.65. The van der Waals surface area contributed by atoms with Crippen molar-refractivity contribution in [2.45, 2.75) is 12.7 Å². The Labute approximate surface area is 143 Å². The predicted molar refractivity (Wildman–Crippen MR) is 83.3 cm³/mol. The zero-order valence-corrected chi connectivity index (χ0v) is 13.7. The highest BCUT2D eigenvalue weighted by molar-refractivity contribution is 9.10. The standard InChI is InChI=1S/C16H12BrF4NO2/c17-14-6-3-11(18)7-13(14)15(23)22-8-10-1-4-12(5-2-10)24-9-16(19,20)21/h1-7H,8-9H2,(H,22,23). The molecule has 0 aliphatic rings. The van der Waals surface area contributed by atoms with E-state index in [2.05, 4.69) is 26.0 Å². The van der Waals surface area contributed by atoms with Crippen molar-refractivity contribution in [3.05, 3.63) is 63.9 Å².